The number of nitrogens with one attached hydrogen (secondary N) is 2. The lowest BCUT2D eigenvalue weighted by molar-refractivity contribution is -0.139. The summed E-state index contributed by atoms with van der Waals surface area (Å²) in [6.45, 7) is 7.01. The summed E-state index contributed by atoms with van der Waals surface area (Å²) >= 11 is 6.03. The first-order valence-electron chi connectivity index (χ1n) is 11.0. The summed E-state index contributed by atoms with van der Waals surface area (Å²) in [6, 6.07) is 6.75. The van der Waals surface area contributed by atoms with Crippen molar-refractivity contribution in [2.24, 2.45) is 5.41 Å². The van der Waals surface area contributed by atoms with Crippen LogP contribution in [-0.2, 0) is 4.79 Å². The van der Waals surface area contributed by atoms with Crippen molar-refractivity contribution in [3.05, 3.63) is 34.9 Å². The molecule has 166 valence electrons. The number of benzene rings is 1. The van der Waals surface area contributed by atoms with Crippen molar-refractivity contribution in [3.8, 4) is 0 Å². The first-order valence-corrected chi connectivity index (χ1v) is 11.3. The highest BCUT2D eigenvalue weighted by Crippen LogP contribution is 2.42. The Labute approximate surface area is 184 Å². The molecule has 2 fully saturated rings. The maximum atomic E-state index is 13.2. The van der Waals surface area contributed by atoms with Gasteiger partial charge in [-0.1, -0.05) is 50.4 Å². The van der Waals surface area contributed by atoms with E-state index in [0.29, 0.717) is 24.0 Å². The minimum absolute atomic E-state index is 0.142. The molecule has 3 N–H and O–H groups in total. The number of carbonyl (C=O) groups is 2. The van der Waals surface area contributed by atoms with Crippen molar-refractivity contribution in [1.82, 2.24) is 15.5 Å². The maximum Gasteiger partial charge on any atom is 0.315 e. The van der Waals surface area contributed by atoms with Gasteiger partial charge in [-0.25, -0.2) is 4.79 Å². The monoisotopic (exact) mass is 435 g/mol. The van der Waals surface area contributed by atoms with Crippen LogP contribution in [0.1, 0.15) is 64.4 Å². The SMILES string of the molecule is CC(O)[C@@H](NC(=O)NC1CCCC1)C(=O)N1CCC(c2ccc(Cl)cc2)C(C)(C)C1. The molecule has 2 unspecified atom stereocenters. The van der Waals surface area contributed by atoms with Gasteiger partial charge in [0, 0.05) is 24.2 Å². The van der Waals surface area contributed by atoms with Crippen LogP contribution in [0.15, 0.2) is 24.3 Å². The Hall–Kier alpha value is -1.79. The highest BCUT2D eigenvalue weighted by atomic mass is 35.5. The Morgan fingerprint density at radius 1 is 1.17 bits per heavy atom. The van der Waals surface area contributed by atoms with E-state index in [-0.39, 0.29) is 23.4 Å². The van der Waals surface area contributed by atoms with Crippen molar-refractivity contribution >= 4 is 23.5 Å². The molecule has 7 heteroatoms. The van der Waals surface area contributed by atoms with Gasteiger partial charge >= 0.3 is 6.03 Å². The van der Waals surface area contributed by atoms with Gasteiger partial charge in [-0.15, -0.1) is 0 Å². The van der Waals surface area contributed by atoms with E-state index in [1.807, 2.05) is 12.1 Å². The molecule has 0 aromatic heterocycles. The molecular weight excluding hydrogens is 402 g/mol. The average Bonchev–Trinajstić information content (AvgIpc) is 3.18. The molecule has 1 saturated carbocycles. The van der Waals surface area contributed by atoms with Crippen LogP contribution in [0.5, 0.6) is 0 Å². The standard InChI is InChI=1S/C23H34ClN3O3/c1-15(28)20(26-22(30)25-18-6-4-5-7-18)21(29)27-13-12-19(23(2,3)14-27)16-8-10-17(24)11-9-16/h8-11,15,18-20,28H,4-7,12-14H2,1-3H3,(H2,25,26,30)/t15?,19?,20-/m1/s1. The number of carbonyl (C=O) groups excluding carboxylic acids is 2. The minimum Gasteiger partial charge on any atom is -0.391 e. The summed E-state index contributed by atoms with van der Waals surface area (Å²) in [5, 5.41) is 16.6. The van der Waals surface area contributed by atoms with Crippen LogP contribution in [0.4, 0.5) is 4.79 Å². The summed E-state index contributed by atoms with van der Waals surface area (Å²) in [6.07, 6.45) is 4.01. The number of aliphatic hydroxyl groups is 1. The molecule has 0 radical (unpaired) electrons. The van der Waals surface area contributed by atoms with Gasteiger partial charge in [-0.3, -0.25) is 4.79 Å². The third kappa shape index (κ3) is 5.46. The molecule has 1 saturated heterocycles. The number of halogens is 1. The molecule has 1 heterocycles. The van der Waals surface area contributed by atoms with E-state index >= 15 is 0 Å². The van der Waals surface area contributed by atoms with Gasteiger partial charge in [-0.2, -0.15) is 0 Å². The first-order chi connectivity index (χ1) is 14.2. The smallest absolute Gasteiger partial charge is 0.315 e. The van der Waals surface area contributed by atoms with Crippen LogP contribution >= 0.6 is 11.6 Å². The van der Waals surface area contributed by atoms with Crippen LogP contribution in [0.3, 0.4) is 0 Å². The van der Waals surface area contributed by atoms with Crippen molar-refractivity contribution in [2.75, 3.05) is 13.1 Å². The Kier molecular flexibility index (Phi) is 7.30. The van der Waals surface area contributed by atoms with E-state index in [1.54, 1.807) is 11.8 Å². The second-order valence-corrected chi connectivity index (χ2v) is 9.90. The maximum absolute atomic E-state index is 13.2. The Morgan fingerprint density at radius 3 is 2.37 bits per heavy atom. The zero-order valence-corrected chi connectivity index (χ0v) is 18.9. The molecule has 3 amide bonds. The lowest BCUT2D eigenvalue weighted by Gasteiger charge is -2.45. The predicted molar refractivity (Wildman–Crippen MR) is 119 cm³/mol. The summed E-state index contributed by atoms with van der Waals surface area (Å²) in [4.78, 5) is 27.3. The van der Waals surface area contributed by atoms with Gasteiger partial charge < -0.3 is 20.6 Å². The molecule has 0 bridgehead atoms. The highest BCUT2D eigenvalue weighted by Gasteiger charge is 2.41. The molecule has 1 aromatic carbocycles. The van der Waals surface area contributed by atoms with Crippen molar-refractivity contribution in [2.45, 2.75) is 77.0 Å². The number of urea groups is 1. The lowest BCUT2D eigenvalue weighted by Crippen LogP contribution is -2.59. The second kappa shape index (κ2) is 9.56. The van der Waals surface area contributed by atoms with Crippen molar-refractivity contribution in [1.29, 1.82) is 0 Å². The summed E-state index contributed by atoms with van der Waals surface area (Å²) in [5.74, 6) is 0.0802. The number of amides is 3. The molecule has 0 spiro atoms. The Morgan fingerprint density at radius 2 is 1.80 bits per heavy atom. The molecule has 2 aliphatic rings. The van der Waals surface area contributed by atoms with Gasteiger partial charge in [0.05, 0.1) is 6.10 Å². The van der Waals surface area contributed by atoms with Gasteiger partial charge in [0.15, 0.2) is 0 Å². The number of rotatable bonds is 5. The minimum atomic E-state index is -0.969. The number of hydrogen-bond donors (Lipinski definition) is 3. The molecule has 3 atom stereocenters. The summed E-state index contributed by atoms with van der Waals surface area (Å²) in [7, 11) is 0. The first kappa shape index (κ1) is 22.9. The fourth-order valence-electron chi connectivity index (χ4n) is 4.88. The zero-order valence-electron chi connectivity index (χ0n) is 18.2. The number of aliphatic hydroxyl groups excluding tert-OH is 1. The topological polar surface area (TPSA) is 81.7 Å². The number of hydrogen-bond acceptors (Lipinski definition) is 3. The normalized spacial score (nSPS) is 23.6. The number of piperidine rings is 1. The van der Waals surface area contributed by atoms with Crippen LogP contribution in [0.25, 0.3) is 0 Å². The molecule has 1 aliphatic carbocycles. The Balaban J connectivity index is 1.64. The Bertz CT molecular complexity index is 745. The summed E-state index contributed by atoms with van der Waals surface area (Å²) < 4.78 is 0. The third-order valence-corrected chi connectivity index (χ3v) is 6.79. The molecule has 30 heavy (non-hydrogen) atoms. The van der Waals surface area contributed by atoms with E-state index in [9.17, 15) is 14.7 Å². The van der Waals surface area contributed by atoms with E-state index in [2.05, 4.69) is 36.6 Å². The van der Waals surface area contributed by atoms with Crippen LogP contribution < -0.4 is 10.6 Å². The van der Waals surface area contributed by atoms with Crippen molar-refractivity contribution in [3.63, 3.8) is 0 Å². The molecule has 1 aromatic rings. The predicted octanol–water partition coefficient (Wildman–Crippen LogP) is 3.67. The van der Waals surface area contributed by atoms with E-state index in [0.717, 1.165) is 32.1 Å². The summed E-state index contributed by atoms with van der Waals surface area (Å²) in [5.41, 5.74) is 1.08. The number of nitrogens with zero attached hydrogens (tertiary/aromatic N) is 1. The van der Waals surface area contributed by atoms with Crippen LogP contribution in [-0.4, -0.2) is 53.2 Å². The van der Waals surface area contributed by atoms with Gasteiger partial charge in [-0.05, 0) is 55.2 Å². The van der Waals surface area contributed by atoms with Gasteiger partial charge in [0.2, 0.25) is 5.91 Å². The number of likely N-dealkylation sites (tertiary alicyclic amines) is 1. The fourth-order valence-corrected chi connectivity index (χ4v) is 5.01. The quantitative estimate of drug-likeness (QED) is 0.659. The van der Waals surface area contributed by atoms with Crippen LogP contribution in [0, 0.1) is 5.41 Å². The largest absolute Gasteiger partial charge is 0.391 e. The third-order valence-electron chi connectivity index (χ3n) is 6.54. The average molecular weight is 436 g/mol. The second-order valence-electron chi connectivity index (χ2n) is 9.46. The van der Waals surface area contributed by atoms with E-state index in [1.165, 1.54) is 5.56 Å². The molecule has 6 nitrogen and oxygen atoms in total. The zero-order chi connectivity index (χ0) is 21.9. The van der Waals surface area contributed by atoms with Gasteiger partial charge in [0.25, 0.3) is 0 Å². The molecule has 1 aliphatic heterocycles. The molecular formula is C23H34ClN3O3. The fraction of sp³-hybridized carbons (Fsp3) is 0.652. The van der Waals surface area contributed by atoms with E-state index in [4.69, 9.17) is 11.6 Å². The van der Waals surface area contributed by atoms with Gasteiger partial charge in [0.1, 0.15) is 6.04 Å². The van der Waals surface area contributed by atoms with Crippen molar-refractivity contribution < 1.29 is 14.7 Å². The highest BCUT2D eigenvalue weighted by molar-refractivity contribution is 6.30. The van der Waals surface area contributed by atoms with Crippen LogP contribution in [0.2, 0.25) is 5.02 Å². The lowest BCUT2D eigenvalue weighted by atomic mass is 9.70. The molecule has 3 rings (SSSR count). The van der Waals surface area contributed by atoms with E-state index < -0.39 is 12.1 Å².